The average Bonchev–Trinajstić information content (AvgIpc) is 2.47. The lowest BCUT2D eigenvalue weighted by Gasteiger charge is -2.31. The Morgan fingerprint density at radius 3 is 2.22 bits per heavy atom. The molecule has 1 amide bonds. The molecular weight excluding hydrogens is 277 g/mol. The molecule has 2 rings (SSSR count). The minimum absolute atomic E-state index is 0.0599. The number of rotatable bonds is 1. The number of amides is 1. The number of hydrogen-bond donors (Lipinski definition) is 2. The maximum absolute atomic E-state index is 11.2. The predicted octanol–water partition coefficient (Wildman–Crippen LogP) is -0.164. The van der Waals surface area contributed by atoms with Crippen molar-refractivity contribution in [1.82, 2.24) is 5.06 Å². The Hall–Kier alpha value is -1.00. The van der Waals surface area contributed by atoms with E-state index in [1.165, 1.54) is 5.06 Å². The Morgan fingerprint density at radius 2 is 2.00 bits per heavy atom. The van der Waals surface area contributed by atoms with Gasteiger partial charge in [0.25, 0.3) is 5.91 Å². The number of halogens is 3. The Bertz CT molecular complexity index is 335. The summed E-state index contributed by atoms with van der Waals surface area (Å²) in [5.74, 6) is -0.848. The quantitative estimate of drug-likeness (QED) is 0.696. The van der Waals surface area contributed by atoms with Crippen LogP contribution in [0.4, 0.5) is 13.2 Å². The van der Waals surface area contributed by atoms with E-state index in [9.17, 15) is 18.0 Å². The summed E-state index contributed by atoms with van der Waals surface area (Å²) in [5, 5.41) is 8.57. The molecule has 0 saturated carbocycles. The van der Waals surface area contributed by atoms with Crippen LogP contribution in [0, 0.1) is 0 Å². The number of aliphatic carboxylic acids is 1. The number of carbonyl (C=O) groups is 2. The van der Waals surface area contributed by atoms with E-state index in [1.54, 1.807) is 0 Å². The average molecular weight is 288 g/mol. The van der Waals surface area contributed by atoms with Crippen molar-refractivity contribution in [2.45, 2.75) is 18.3 Å². The van der Waals surface area contributed by atoms with Crippen molar-refractivity contribution in [3.05, 3.63) is 0 Å². The molecule has 18 heavy (non-hydrogen) atoms. The van der Waals surface area contributed by atoms with Crippen LogP contribution in [-0.4, -0.2) is 58.4 Å². The number of carbonyl (C=O) groups excluding carboxylic acids is 1. The molecule has 0 aliphatic carbocycles. The molecule has 0 unspecified atom stereocenters. The maximum Gasteiger partial charge on any atom is 0.490 e. The van der Waals surface area contributed by atoms with Gasteiger partial charge in [-0.25, -0.2) is 9.86 Å². The van der Waals surface area contributed by atoms with Gasteiger partial charge in [0.05, 0.1) is 12.6 Å². The summed E-state index contributed by atoms with van der Waals surface area (Å²) < 4.78 is 31.7. The van der Waals surface area contributed by atoms with Gasteiger partial charge < -0.3 is 10.8 Å². The summed E-state index contributed by atoms with van der Waals surface area (Å²) in [6, 6.07) is -0.151. The maximum atomic E-state index is 11.2. The second kappa shape index (κ2) is 5.76. The molecule has 104 valence electrons. The number of alkyl halides is 3. The SMILES string of the molecule is N[C@@H]1CON(C2CSC2)C1=O.O=C(O)C(F)(F)F. The molecule has 6 nitrogen and oxygen atoms in total. The second-order valence-corrected chi connectivity index (χ2v) is 4.64. The molecule has 0 aromatic rings. The number of carboxylic acid groups (broad SMARTS) is 1. The van der Waals surface area contributed by atoms with Crippen molar-refractivity contribution in [3.63, 3.8) is 0 Å². The first-order valence-electron chi connectivity index (χ1n) is 4.83. The van der Waals surface area contributed by atoms with E-state index < -0.39 is 18.2 Å². The zero-order valence-electron chi connectivity index (χ0n) is 9.01. The van der Waals surface area contributed by atoms with Crippen molar-refractivity contribution < 1.29 is 32.7 Å². The van der Waals surface area contributed by atoms with Gasteiger partial charge in [-0.3, -0.25) is 9.63 Å². The Kier molecular flexibility index (Phi) is 4.82. The first kappa shape index (κ1) is 15.1. The third-order valence-electron chi connectivity index (χ3n) is 2.12. The summed E-state index contributed by atoms with van der Waals surface area (Å²) in [5.41, 5.74) is 5.46. The number of carboxylic acids is 1. The van der Waals surface area contributed by atoms with Crippen LogP contribution in [0.2, 0.25) is 0 Å². The van der Waals surface area contributed by atoms with Gasteiger partial charge in [-0.05, 0) is 0 Å². The smallest absolute Gasteiger partial charge is 0.475 e. The molecule has 2 heterocycles. The highest BCUT2D eigenvalue weighted by Gasteiger charge is 2.38. The minimum atomic E-state index is -5.08. The lowest BCUT2D eigenvalue weighted by Crippen LogP contribution is -2.46. The molecule has 0 aromatic heterocycles. The van der Waals surface area contributed by atoms with E-state index in [1.807, 2.05) is 11.8 Å². The molecule has 10 heteroatoms. The summed E-state index contributed by atoms with van der Waals surface area (Å²) >= 11 is 1.82. The molecule has 0 radical (unpaired) electrons. The highest BCUT2D eigenvalue weighted by molar-refractivity contribution is 8.00. The van der Waals surface area contributed by atoms with Crippen LogP contribution >= 0.6 is 11.8 Å². The predicted molar refractivity (Wildman–Crippen MR) is 55.6 cm³/mol. The molecule has 1 atom stereocenters. The highest BCUT2D eigenvalue weighted by Crippen LogP contribution is 2.25. The van der Waals surface area contributed by atoms with E-state index >= 15 is 0 Å². The molecule has 2 saturated heterocycles. The van der Waals surface area contributed by atoms with Gasteiger partial charge in [-0.1, -0.05) is 0 Å². The fourth-order valence-electron chi connectivity index (χ4n) is 1.10. The monoisotopic (exact) mass is 288 g/mol. The summed E-state index contributed by atoms with van der Waals surface area (Å²) in [7, 11) is 0. The molecule has 0 bridgehead atoms. The van der Waals surface area contributed by atoms with E-state index in [0.717, 1.165) is 11.5 Å². The topological polar surface area (TPSA) is 92.9 Å². The van der Waals surface area contributed by atoms with Gasteiger partial charge in [0.2, 0.25) is 0 Å². The zero-order valence-corrected chi connectivity index (χ0v) is 9.83. The molecular formula is C8H11F3N2O4S. The summed E-state index contributed by atoms with van der Waals surface area (Å²) in [6.07, 6.45) is -5.08. The summed E-state index contributed by atoms with van der Waals surface area (Å²) in [6.45, 7) is 0.347. The van der Waals surface area contributed by atoms with Gasteiger partial charge in [0, 0.05) is 11.5 Å². The van der Waals surface area contributed by atoms with Crippen LogP contribution in [0.3, 0.4) is 0 Å². The van der Waals surface area contributed by atoms with Crippen molar-refractivity contribution in [2.24, 2.45) is 5.73 Å². The molecule has 0 spiro atoms. The van der Waals surface area contributed by atoms with Gasteiger partial charge >= 0.3 is 12.1 Å². The number of nitrogens with two attached hydrogens (primary N) is 1. The Morgan fingerprint density at radius 1 is 1.50 bits per heavy atom. The molecule has 2 fully saturated rings. The van der Waals surface area contributed by atoms with Crippen molar-refractivity contribution >= 4 is 23.6 Å². The van der Waals surface area contributed by atoms with Crippen LogP contribution in [-0.2, 0) is 14.4 Å². The Balaban J connectivity index is 0.000000203. The van der Waals surface area contributed by atoms with Gasteiger partial charge in [-0.2, -0.15) is 24.9 Å². The molecule has 2 aliphatic rings. The van der Waals surface area contributed by atoms with E-state index in [0.29, 0.717) is 6.61 Å². The first-order valence-corrected chi connectivity index (χ1v) is 5.98. The van der Waals surface area contributed by atoms with Gasteiger partial charge in [0.1, 0.15) is 6.04 Å². The van der Waals surface area contributed by atoms with E-state index in [2.05, 4.69) is 0 Å². The van der Waals surface area contributed by atoms with Crippen molar-refractivity contribution in [1.29, 1.82) is 0 Å². The third kappa shape index (κ3) is 3.75. The standard InChI is InChI=1S/C6H10N2O2S.C2HF3O2/c7-5-1-10-8(6(5)9)4-2-11-3-4;3-2(4,5)1(6)7/h4-5H,1-3,7H2;(H,6,7)/t5-;/m1./s1. The largest absolute Gasteiger partial charge is 0.490 e. The third-order valence-corrected chi connectivity index (χ3v) is 3.36. The first-order chi connectivity index (χ1) is 8.23. The van der Waals surface area contributed by atoms with Crippen LogP contribution in [0.25, 0.3) is 0 Å². The van der Waals surface area contributed by atoms with Gasteiger partial charge in [0.15, 0.2) is 0 Å². The fraction of sp³-hybridized carbons (Fsp3) is 0.750. The van der Waals surface area contributed by atoms with E-state index in [4.69, 9.17) is 20.5 Å². The molecule has 2 aliphatic heterocycles. The normalized spacial score (nSPS) is 24.3. The van der Waals surface area contributed by atoms with Crippen LogP contribution in [0.5, 0.6) is 0 Å². The summed E-state index contributed by atoms with van der Waals surface area (Å²) in [4.78, 5) is 25.2. The number of hydroxylamine groups is 2. The Labute approximate surface area is 104 Å². The second-order valence-electron chi connectivity index (χ2n) is 3.56. The van der Waals surface area contributed by atoms with Crippen LogP contribution in [0.1, 0.15) is 0 Å². The zero-order chi connectivity index (χ0) is 13.9. The number of thioether (sulfide) groups is 1. The van der Waals surface area contributed by atoms with Gasteiger partial charge in [-0.15, -0.1) is 0 Å². The highest BCUT2D eigenvalue weighted by atomic mass is 32.2. The van der Waals surface area contributed by atoms with Crippen LogP contribution in [0.15, 0.2) is 0 Å². The lowest BCUT2D eigenvalue weighted by atomic mass is 10.3. The van der Waals surface area contributed by atoms with Crippen molar-refractivity contribution in [2.75, 3.05) is 18.1 Å². The number of nitrogens with zero attached hydrogens (tertiary/aromatic N) is 1. The van der Waals surface area contributed by atoms with Crippen LogP contribution < -0.4 is 5.73 Å². The fourth-order valence-corrected chi connectivity index (χ4v) is 1.82. The minimum Gasteiger partial charge on any atom is -0.475 e. The van der Waals surface area contributed by atoms with E-state index in [-0.39, 0.29) is 11.9 Å². The molecule has 0 aromatic carbocycles. The van der Waals surface area contributed by atoms with Crippen molar-refractivity contribution in [3.8, 4) is 0 Å². The molecule has 3 N–H and O–H groups in total. The lowest BCUT2D eigenvalue weighted by molar-refractivity contribution is -0.192. The number of hydrogen-bond acceptors (Lipinski definition) is 5.